The number of hydrogen-bond donors (Lipinski definition) is 1. The van der Waals surface area contributed by atoms with Crippen LogP contribution in [0.15, 0.2) is 18.2 Å². The standard InChI is InChI=1S/C18H30N2O/c1-5-10-19-15(3)16-8-9-18-17(12-16)7-6-11-20(18)13-14(2)21-4/h8-9,12,14-15,19H,5-7,10-11,13H2,1-4H3. The highest BCUT2D eigenvalue weighted by Crippen LogP contribution is 2.30. The van der Waals surface area contributed by atoms with Crippen molar-refractivity contribution in [2.24, 2.45) is 0 Å². The van der Waals surface area contributed by atoms with E-state index in [9.17, 15) is 0 Å². The molecular formula is C18H30N2O. The third-order valence-electron chi connectivity index (χ3n) is 4.40. The fourth-order valence-corrected chi connectivity index (χ4v) is 3.02. The fraction of sp³-hybridized carbons (Fsp3) is 0.667. The first-order chi connectivity index (χ1) is 10.2. The zero-order valence-corrected chi connectivity index (χ0v) is 14.0. The van der Waals surface area contributed by atoms with Gasteiger partial charge in [0.15, 0.2) is 0 Å². The number of ether oxygens (including phenoxy) is 1. The molecule has 1 aromatic carbocycles. The van der Waals surface area contributed by atoms with Crippen molar-refractivity contribution in [2.45, 2.75) is 52.2 Å². The number of nitrogens with zero attached hydrogens (tertiary/aromatic N) is 1. The number of rotatable bonds is 7. The molecule has 0 fully saturated rings. The largest absolute Gasteiger partial charge is 0.380 e. The lowest BCUT2D eigenvalue weighted by molar-refractivity contribution is 0.123. The van der Waals surface area contributed by atoms with Gasteiger partial charge in [0.25, 0.3) is 0 Å². The van der Waals surface area contributed by atoms with E-state index < -0.39 is 0 Å². The van der Waals surface area contributed by atoms with Gasteiger partial charge < -0.3 is 15.0 Å². The first kappa shape index (κ1) is 16.3. The Labute approximate surface area is 129 Å². The van der Waals surface area contributed by atoms with E-state index in [1.807, 2.05) is 0 Å². The van der Waals surface area contributed by atoms with E-state index in [0.717, 1.165) is 19.6 Å². The van der Waals surface area contributed by atoms with Crippen molar-refractivity contribution >= 4 is 5.69 Å². The quantitative estimate of drug-likeness (QED) is 0.831. The first-order valence-corrected chi connectivity index (χ1v) is 8.29. The van der Waals surface area contributed by atoms with Gasteiger partial charge in [0.05, 0.1) is 6.10 Å². The average Bonchev–Trinajstić information content (AvgIpc) is 2.52. The predicted octanol–water partition coefficient (Wildman–Crippen LogP) is 3.53. The molecule has 118 valence electrons. The Morgan fingerprint density at radius 1 is 1.33 bits per heavy atom. The molecule has 0 radical (unpaired) electrons. The van der Waals surface area contributed by atoms with Crippen molar-refractivity contribution in [2.75, 3.05) is 31.6 Å². The fourth-order valence-electron chi connectivity index (χ4n) is 3.02. The van der Waals surface area contributed by atoms with E-state index >= 15 is 0 Å². The SMILES string of the molecule is CCCNC(C)c1ccc2c(c1)CCCN2CC(C)OC. The summed E-state index contributed by atoms with van der Waals surface area (Å²) in [5.74, 6) is 0. The van der Waals surface area contributed by atoms with Gasteiger partial charge in [0, 0.05) is 31.9 Å². The lowest BCUT2D eigenvalue weighted by Gasteiger charge is -2.33. The molecule has 1 heterocycles. The summed E-state index contributed by atoms with van der Waals surface area (Å²) in [6.45, 7) is 9.80. The highest BCUT2D eigenvalue weighted by atomic mass is 16.5. The van der Waals surface area contributed by atoms with Crippen LogP contribution in [0.1, 0.15) is 50.8 Å². The number of aryl methyl sites for hydroxylation is 1. The van der Waals surface area contributed by atoms with E-state index in [1.54, 1.807) is 7.11 Å². The van der Waals surface area contributed by atoms with Crippen LogP contribution in [0.4, 0.5) is 5.69 Å². The molecule has 1 N–H and O–H groups in total. The number of benzene rings is 1. The Kier molecular flexibility index (Phi) is 6.07. The molecule has 2 atom stereocenters. The van der Waals surface area contributed by atoms with Gasteiger partial charge in [-0.2, -0.15) is 0 Å². The van der Waals surface area contributed by atoms with E-state index in [2.05, 4.69) is 49.2 Å². The van der Waals surface area contributed by atoms with E-state index in [4.69, 9.17) is 4.74 Å². The summed E-state index contributed by atoms with van der Waals surface area (Å²) in [5, 5.41) is 3.57. The van der Waals surface area contributed by atoms with Crippen LogP contribution in [-0.2, 0) is 11.2 Å². The smallest absolute Gasteiger partial charge is 0.0718 e. The van der Waals surface area contributed by atoms with Gasteiger partial charge in [0.1, 0.15) is 0 Å². The monoisotopic (exact) mass is 290 g/mol. The molecule has 1 aliphatic rings. The molecular weight excluding hydrogens is 260 g/mol. The van der Waals surface area contributed by atoms with Gasteiger partial charge in [0.2, 0.25) is 0 Å². The molecule has 0 spiro atoms. The Bertz CT molecular complexity index is 447. The van der Waals surface area contributed by atoms with E-state index in [-0.39, 0.29) is 6.10 Å². The summed E-state index contributed by atoms with van der Waals surface area (Å²) in [6, 6.07) is 7.41. The molecule has 1 aliphatic heterocycles. The van der Waals surface area contributed by atoms with Crippen molar-refractivity contribution < 1.29 is 4.74 Å². The van der Waals surface area contributed by atoms with Crippen LogP contribution < -0.4 is 10.2 Å². The number of methoxy groups -OCH3 is 1. The summed E-state index contributed by atoms with van der Waals surface area (Å²) < 4.78 is 5.42. The summed E-state index contributed by atoms with van der Waals surface area (Å²) >= 11 is 0. The van der Waals surface area contributed by atoms with Gasteiger partial charge in [-0.05, 0) is 56.8 Å². The van der Waals surface area contributed by atoms with Crippen molar-refractivity contribution in [1.82, 2.24) is 5.32 Å². The van der Waals surface area contributed by atoms with Crippen LogP contribution in [0.2, 0.25) is 0 Å². The molecule has 2 rings (SSSR count). The van der Waals surface area contributed by atoms with Gasteiger partial charge in [-0.3, -0.25) is 0 Å². The van der Waals surface area contributed by atoms with Crippen molar-refractivity contribution in [3.8, 4) is 0 Å². The minimum atomic E-state index is 0.278. The molecule has 21 heavy (non-hydrogen) atoms. The Balaban J connectivity index is 2.12. The van der Waals surface area contributed by atoms with E-state index in [0.29, 0.717) is 6.04 Å². The second-order valence-electron chi connectivity index (χ2n) is 6.16. The Hall–Kier alpha value is -1.06. The molecule has 0 saturated heterocycles. The lowest BCUT2D eigenvalue weighted by Crippen LogP contribution is -2.36. The molecule has 0 aliphatic carbocycles. The number of hydrogen-bond acceptors (Lipinski definition) is 3. The molecule has 0 saturated carbocycles. The molecule has 0 bridgehead atoms. The van der Waals surface area contributed by atoms with Crippen LogP contribution in [0.5, 0.6) is 0 Å². The highest BCUT2D eigenvalue weighted by Gasteiger charge is 2.19. The zero-order chi connectivity index (χ0) is 15.2. The minimum Gasteiger partial charge on any atom is -0.380 e. The summed E-state index contributed by atoms with van der Waals surface area (Å²) in [5.41, 5.74) is 4.30. The average molecular weight is 290 g/mol. The summed E-state index contributed by atoms with van der Waals surface area (Å²) in [7, 11) is 1.79. The van der Waals surface area contributed by atoms with Crippen molar-refractivity contribution in [1.29, 1.82) is 0 Å². The lowest BCUT2D eigenvalue weighted by atomic mass is 9.96. The number of anilines is 1. The van der Waals surface area contributed by atoms with Crippen molar-refractivity contribution in [3.63, 3.8) is 0 Å². The molecule has 2 unspecified atom stereocenters. The third kappa shape index (κ3) is 4.21. The van der Waals surface area contributed by atoms with Gasteiger partial charge >= 0.3 is 0 Å². The summed E-state index contributed by atoms with van der Waals surface area (Å²) in [4.78, 5) is 2.47. The first-order valence-electron chi connectivity index (χ1n) is 8.29. The predicted molar refractivity (Wildman–Crippen MR) is 90.2 cm³/mol. The molecule has 0 aromatic heterocycles. The van der Waals surface area contributed by atoms with Crippen LogP contribution in [0.3, 0.4) is 0 Å². The Morgan fingerprint density at radius 2 is 2.14 bits per heavy atom. The van der Waals surface area contributed by atoms with Crippen LogP contribution in [0, 0.1) is 0 Å². The maximum atomic E-state index is 5.42. The second kappa shape index (κ2) is 7.81. The van der Waals surface area contributed by atoms with Gasteiger partial charge in [-0.1, -0.05) is 19.1 Å². The van der Waals surface area contributed by atoms with Crippen molar-refractivity contribution in [3.05, 3.63) is 29.3 Å². The molecule has 3 nitrogen and oxygen atoms in total. The number of nitrogens with one attached hydrogen (secondary N) is 1. The molecule has 3 heteroatoms. The molecule has 1 aromatic rings. The maximum absolute atomic E-state index is 5.42. The Morgan fingerprint density at radius 3 is 2.86 bits per heavy atom. The van der Waals surface area contributed by atoms with Crippen LogP contribution in [-0.4, -0.2) is 32.8 Å². The van der Waals surface area contributed by atoms with E-state index in [1.165, 1.54) is 36.1 Å². The van der Waals surface area contributed by atoms with Gasteiger partial charge in [-0.15, -0.1) is 0 Å². The zero-order valence-electron chi connectivity index (χ0n) is 14.0. The second-order valence-corrected chi connectivity index (χ2v) is 6.16. The maximum Gasteiger partial charge on any atom is 0.0718 e. The summed E-state index contributed by atoms with van der Waals surface area (Å²) in [6.07, 6.45) is 3.89. The number of fused-ring (bicyclic) bond motifs is 1. The third-order valence-corrected chi connectivity index (χ3v) is 4.40. The normalized spacial score (nSPS) is 17.4. The van der Waals surface area contributed by atoms with Crippen LogP contribution in [0.25, 0.3) is 0 Å². The minimum absolute atomic E-state index is 0.278. The molecule has 0 amide bonds. The topological polar surface area (TPSA) is 24.5 Å². The van der Waals surface area contributed by atoms with Crippen LogP contribution >= 0.6 is 0 Å². The van der Waals surface area contributed by atoms with Gasteiger partial charge in [-0.25, -0.2) is 0 Å². The highest BCUT2D eigenvalue weighted by molar-refractivity contribution is 5.57.